The van der Waals surface area contributed by atoms with Crippen LogP contribution in [-0.2, 0) is 0 Å². The minimum Gasteiger partial charge on any atom is -0.506 e. The van der Waals surface area contributed by atoms with Crippen LogP contribution in [-0.4, -0.2) is 5.11 Å². The summed E-state index contributed by atoms with van der Waals surface area (Å²) in [7, 11) is 0. The fraction of sp³-hybridized carbons (Fsp3) is 0.417. The summed E-state index contributed by atoms with van der Waals surface area (Å²) < 4.78 is 13.2. The lowest BCUT2D eigenvalue weighted by atomic mass is 9.77. The van der Waals surface area contributed by atoms with Crippen LogP contribution in [0.15, 0.2) is 12.1 Å². The molecule has 0 radical (unpaired) electrons. The Hall–Kier alpha value is -1.60. The number of phenolic OH excluding ortho intramolecular Hbond substituents is 1. The molecule has 0 spiro atoms. The van der Waals surface area contributed by atoms with Crippen molar-refractivity contribution in [2.45, 2.75) is 25.3 Å². The molecule has 0 saturated heterocycles. The van der Waals surface area contributed by atoms with Crippen LogP contribution in [0.3, 0.4) is 0 Å². The zero-order valence-electron chi connectivity index (χ0n) is 8.78. The lowest BCUT2D eigenvalue weighted by molar-refractivity contribution is 0.260. The van der Waals surface area contributed by atoms with Gasteiger partial charge in [0.1, 0.15) is 23.2 Å². The molecule has 84 valence electrons. The molecule has 16 heavy (non-hydrogen) atoms. The number of halogens is 1. The molecule has 0 aliphatic heterocycles. The van der Waals surface area contributed by atoms with Crippen LogP contribution in [0.1, 0.15) is 36.4 Å². The number of hydrogen-bond acceptors (Lipinski definition) is 3. The average molecular weight is 220 g/mol. The second-order valence-electron chi connectivity index (χ2n) is 4.19. The molecule has 2 rings (SSSR count). The van der Waals surface area contributed by atoms with Gasteiger partial charge in [-0.15, -0.1) is 0 Å². The van der Waals surface area contributed by atoms with Crippen molar-refractivity contribution >= 4 is 0 Å². The molecule has 1 saturated carbocycles. The molecule has 1 aromatic carbocycles. The lowest BCUT2D eigenvalue weighted by Crippen LogP contribution is -2.27. The lowest BCUT2D eigenvalue weighted by Gasteiger charge is -2.31. The first-order chi connectivity index (χ1) is 7.65. The predicted molar refractivity (Wildman–Crippen MR) is 57.0 cm³/mol. The maximum Gasteiger partial charge on any atom is 0.144 e. The first-order valence-corrected chi connectivity index (χ1v) is 5.32. The molecule has 1 atom stereocenters. The van der Waals surface area contributed by atoms with E-state index in [0.29, 0.717) is 11.5 Å². The van der Waals surface area contributed by atoms with Crippen molar-refractivity contribution < 1.29 is 9.50 Å². The summed E-state index contributed by atoms with van der Waals surface area (Å²) in [6.45, 7) is 0. The molecular formula is C12H13FN2O. The third kappa shape index (κ3) is 1.63. The summed E-state index contributed by atoms with van der Waals surface area (Å²) in [5.41, 5.74) is 6.14. The third-order valence-electron chi connectivity index (χ3n) is 3.29. The molecule has 0 amide bonds. The maximum absolute atomic E-state index is 13.2. The Kier molecular flexibility index (Phi) is 2.80. The van der Waals surface area contributed by atoms with Gasteiger partial charge in [-0.3, -0.25) is 0 Å². The van der Waals surface area contributed by atoms with E-state index in [-0.39, 0.29) is 17.4 Å². The Morgan fingerprint density at radius 1 is 1.50 bits per heavy atom. The van der Waals surface area contributed by atoms with Gasteiger partial charge >= 0.3 is 0 Å². The number of benzene rings is 1. The summed E-state index contributed by atoms with van der Waals surface area (Å²) in [5.74, 6) is -0.672. The largest absolute Gasteiger partial charge is 0.506 e. The molecule has 1 aliphatic rings. The normalized spacial score (nSPS) is 17.6. The van der Waals surface area contributed by atoms with E-state index in [2.05, 4.69) is 0 Å². The highest BCUT2D eigenvalue weighted by atomic mass is 19.1. The average Bonchev–Trinajstić information content (AvgIpc) is 2.15. The highest BCUT2D eigenvalue weighted by Crippen LogP contribution is 2.40. The highest BCUT2D eigenvalue weighted by molar-refractivity contribution is 5.49. The number of nitriles is 1. The van der Waals surface area contributed by atoms with Crippen molar-refractivity contribution in [1.82, 2.24) is 0 Å². The van der Waals surface area contributed by atoms with E-state index in [9.17, 15) is 9.50 Å². The van der Waals surface area contributed by atoms with Crippen molar-refractivity contribution in [2.24, 2.45) is 11.7 Å². The fourth-order valence-electron chi connectivity index (χ4n) is 2.01. The Bertz CT molecular complexity index is 449. The van der Waals surface area contributed by atoms with E-state index in [4.69, 9.17) is 11.0 Å². The quantitative estimate of drug-likeness (QED) is 0.802. The maximum atomic E-state index is 13.2. The number of phenols is 1. The molecule has 1 fully saturated rings. The van der Waals surface area contributed by atoms with E-state index in [1.807, 2.05) is 0 Å². The SMILES string of the molecule is N#Cc1c(F)ccc([C@@H](N)C2CCC2)c1O. The van der Waals surface area contributed by atoms with Crippen LogP contribution in [0, 0.1) is 23.1 Å². The summed E-state index contributed by atoms with van der Waals surface area (Å²) in [6, 6.07) is 4.00. The summed E-state index contributed by atoms with van der Waals surface area (Å²) in [6.07, 6.45) is 3.20. The minimum absolute atomic E-state index is 0.304. The Morgan fingerprint density at radius 3 is 2.69 bits per heavy atom. The molecule has 0 heterocycles. The van der Waals surface area contributed by atoms with E-state index >= 15 is 0 Å². The van der Waals surface area contributed by atoms with E-state index in [1.165, 1.54) is 12.1 Å². The molecule has 1 aliphatic carbocycles. The van der Waals surface area contributed by atoms with Crippen LogP contribution < -0.4 is 5.73 Å². The zero-order chi connectivity index (χ0) is 11.7. The van der Waals surface area contributed by atoms with Crippen molar-refractivity contribution in [3.05, 3.63) is 29.1 Å². The number of rotatable bonds is 2. The summed E-state index contributed by atoms with van der Waals surface area (Å²) >= 11 is 0. The van der Waals surface area contributed by atoms with Crippen molar-refractivity contribution in [3.63, 3.8) is 0 Å². The predicted octanol–water partition coefficient (Wildman–Crippen LogP) is 2.20. The second-order valence-corrected chi connectivity index (χ2v) is 4.19. The first-order valence-electron chi connectivity index (χ1n) is 5.32. The number of nitrogens with two attached hydrogens (primary N) is 1. The van der Waals surface area contributed by atoms with Gasteiger partial charge in [-0.1, -0.05) is 12.5 Å². The van der Waals surface area contributed by atoms with Gasteiger partial charge in [-0.25, -0.2) is 4.39 Å². The number of nitrogens with zero attached hydrogens (tertiary/aromatic N) is 1. The van der Waals surface area contributed by atoms with E-state index in [0.717, 1.165) is 19.3 Å². The Balaban J connectivity index is 2.38. The van der Waals surface area contributed by atoms with Gasteiger partial charge in [0.2, 0.25) is 0 Å². The number of aromatic hydroxyl groups is 1. The van der Waals surface area contributed by atoms with Gasteiger partial charge in [-0.2, -0.15) is 5.26 Å². The molecule has 0 bridgehead atoms. The van der Waals surface area contributed by atoms with Gasteiger partial charge in [-0.05, 0) is 24.8 Å². The Morgan fingerprint density at radius 2 is 2.19 bits per heavy atom. The van der Waals surface area contributed by atoms with Crippen LogP contribution in [0.25, 0.3) is 0 Å². The van der Waals surface area contributed by atoms with Gasteiger partial charge < -0.3 is 10.8 Å². The molecule has 4 heteroatoms. The van der Waals surface area contributed by atoms with Gasteiger partial charge in [0, 0.05) is 11.6 Å². The minimum atomic E-state index is -0.704. The van der Waals surface area contributed by atoms with Crippen molar-refractivity contribution in [3.8, 4) is 11.8 Å². The molecular weight excluding hydrogens is 207 g/mol. The monoisotopic (exact) mass is 220 g/mol. The van der Waals surface area contributed by atoms with E-state index in [1.54, 1.807) is 6.07 Å². The first kappa shape index (κ1) is 10.9. The zero-order valence-corrected chi connectivity index (χ0v) is 8.78. The van der Waals surface area contributed by atoms with Crippen molar-refractivity contribution in [1.29, 1.82) is 5.26 Å². The third-order valence-corrected chi connectivity index (χ3v) is 3.29. The second kappa shape index (κ2) is 4.11. The summed E-state index contributed by atoms with van der Waals surface area (Å²) in [5, 5.41) is 18.5. The van der Waals surface area contributed by atoms with Gasteiger partial charge in [0.25, 0.3) is 0 Å². The topological polar surface area (TPSA) is 70.0 Å². The smallest absolute Gasteiger partial charge is 0.144 e. The highest BCUT2D eigenvalue weighted by Gasteiger charge is 2.28. The standard InChI is InChI=1S/C12H13FN2O/c13-10-5-4-8(12(16)9(10)6-14)11(15)7-2-1-3-7/h4-5,7,11,16H,1-3,15H2/t11-/m0/s1. The summed E-state index contributed by atoms with van der Waals surface area (Å²) in [4.78, 5) is 0. The van der Waals surface area contributed by atoms with Gasteiger partial charge in [0.05, 0.1) is 0 Å². The molecule has 1 aromatic rings. The van der Waals surface area contributed by atoms with Crippen molar-refractivity contribution in [2.75, 3.05) is 0 Å². The van der Waals surface area contributed by atoms with Gasteiger partial charge in [0.15, 0.2) is 0 Å². The molecule has 3 N–H and O–H groups in total. The molecule has 0 aromatic heterocycles. The Labute approximate surface area is 93.3 Å². The van der Waals surface area contributed by atoms with E-state index < -0.39 is 5.82 Å². The van der Waals surface area contributed by atoms with Crippen LogP contribution >= 0.6 is 0 Å². The van der Waals surface area contributed by atoms with Crippen LogP contribution in [0.5, 0.6) is 5.75 Å². The fourth-order valence-corrected chi connectivity index (χ4v) is 2.01. The number of hydrogen-bond donors (Lipinski definition) is 2. The molecule has 0 unspecified atom stereocenters. The van der Waals surface area contributed by atoms with Crippen LogP contribution in [0.2, 0.25) is 0 Å². The molecule has 3 nitrogen and oxygen atoms in total. The van der Waals surface area contributed by atoms with Crippen LogP contribution in [0.4, 0.5) is 4.39 Å².